The van der Waals surface area contributed by atoms with Gasteiger partial charge >= 0.3 is 0 Å². The number of carbonyl (C=O) groups is 1. The van der Waals surface area contributed by atoms with E-state index < -0.39 is 0 Å². The van der Waals surface area contributed by atoms with E-state index in [-0.39, 0.29) is 5.91 Å². The second-order valence-electron chi connectivity index (χ2n) is 4.95. The lowest BCUT2D eigenvalue weighted by atomic mass is 10.2. The van der Waals surface area contributed by atoms with Crippen LogP contribution in [0.2, 0.25) is 0 Å². The summed E-state index contributed by atoms with van der Waals surface area (Å²) in [4.78, 5) is 16.8. The molecule has 2 heterocycles. The average molecular weight is 279 g/mol. The minimum Gasteiger partial charge on any atom is -0.337 e. The van der Waals surface area contributed by atoms with Gasteiger partial charge in [-0.1, -0.05) is 24.3 Å². The van der Waals surface area contributed by atoms with Crippen LogP contribution in [0.1, 0.15) is 23.1 Å². The first-order valence-electron chi connectivity index (χ1n) is 7.02. The van der Waals surface area contributed by atoms with Gasteiger partial charge in [-0.15, -0.1) is 0 Å². The maximum Gasteiger partial charge on any atom is 0.273 e. The quantitative estimate of drug-likeness (QED) is 0.796. The SMILES string of the molecule is CCn1c(C(=O)Nc2cccc(C)n2)cc2ccccc21. The number of nitrogens with one attached hydrogen (secondary N) is 1. The summed E-state index contributed by atoms with van der Waals surface area (Å²) in [7, 11) is 0. The Morgan fingerprint density at radius 2 is 2.00 bits per heavy atom. The zero-order valence-electron chi connectivity index (χ0n) is 12.1. The van der Waals surface area contributed by atoms with Crippen molar-refractivity contribution >= 4 is 22.6 Å². The number of pyridine rings is 1. The van der Waals surface area contributed by atoms with Crippen LogP contribution in [0.4, 0.5) is 5.82 Å². The topological polar surface area (TPSA) is 46.9 Å². The largest absolute Gasteiger partial charge is 0.337 e. The zero-order chi connectivity index (χ0) is 14.8. The van der Waals surface area contributed by atoms with Gasteiger partial charge in [-0.3, -0.25) is 4.79 Å². The Morgan fingerprint density at radius 3 is 2.76 bits per heavy atom. The van der Waals surface area contributed by atoms with Gasteiger partial charge in [0, 0.05) is 23.1 Å². The second-order valence-corrected chi connectivity index (χ2v) is 4.95. The number of amides is 1. The Labute approximate surface area is 123 Å². The Morgan fingerprint density at radius 1 is 1.19 bits per heavy atom. The first kappa shape index (κ1) is 13.4. The van der Waals surface area contributed by atoms with E-state index in [1.165, 1.54) is 0 Å². The van der Waals surface area contributed by atoms with Crippen molar-refractivity contribution in [2.75, 3.05) is 5.32 Å². The maximum absolute atomic E-state index is 12.5. The molecule has 0 unspecified atom stereocenters. The van der Waals surface area contributed by atoms with E-state index in [4.69, 9.17) is 0 Å². The van der Waals surface area contributed by atoms with Gasteiger partial charge in [0.25, 0.3) is 5.91 Å². The van der Waals surface area contributed by atoms with Crippen LogP contribution < -0.4 is 5.32 Å². The highest BCUT2D eigenvalue weighted by Gasteiger charge is 2.14. The van der Waals surface area contributed by atoms with Crippen LogP contribution in [0.25, 0.3) is 10.9 Å². The number of fused-ring (bicyclic) bond motifs is 1. The maximum atomic E-state index is 12.5. The van der Waals surface area contributed by atoms with Crippen molar-refractivity contribution < 1.29 is 4.79 Å². The molecule has 0 aliphatic carbocycles. The number of hydrogen-bond donors (Lipinski definition) is 1. The molecule has 1 N–H and O–H groups in total. The van der Waals surface area contributed by atoms with Crippen LogP contribution in [-0.4, -0.2) is 15.5 Å². The fraction of sp³-hybridized carbons (Fsp3) is 0.176. The Kier molecular flexibility index (Phi) is 3.44. The number of para-hydroxylation sites is 1. The van der Waals surface area contributed by atoms with Gasteiger partial charge in [-0.25, -0.2) is 4.98 Å². The summed E-state index contributed by atoms with van der Waals surface area (Å²) in [6, 6.07) is 15.5. The molecular formula is C17H17N3O. The number of carbonyl (C=O) groups excluding carboxylic acids is 1. The fourth-order valence-corrected chi connectivity index (χ4v) is 2.53. The number of anilines is 1. The summed E-state index contributed by atoms with van der Waals surface area (Å²) in [6.45, 7) is 4.68. The third-order valence-electron chi connectivity index (χ3n) is 3.49. The molecule has 1 amide bonds. The molecule has 0 aliphatic heterocycles. The van der Waals surface area contributed by atoms with Crippen LogP contribution >= 0.6 is 0 Å². The van der Waals surface area contributed by atoms with Crippen LogP contribution in [-0.2, 0) is 6.54 Å². The zero-order valence-corrected chi connectivity index (χ0v) is 12.1. The van der Waals surface area contributed by atoms with E-state index >= 15 is 0 Å². The molecule has 0 bridgehead atoms. The Bertz CT molecular complexity index is 805. The molecule has 4 heteroatoms. The predicted molar refractivity (Wildman–Crippen MR) is 84.5 cm³/mol. The molecule has 0 radical (unpaired) electrons. The molecule has 21 heavy (non-hydrogen) atoms. The lowest BCUT2D eigenvalue weighted by Gasteiger charge is -2.08. The van der Waals surface area contributed by atoms with Gasteiger partial charge in [0.05, 0.1) is 0 Å². The Balaban J connectivity index is 1.98. The third kappa shape index (κ3) is 2.52. The number of rotatable bonds is 3. The first-order chi connectivity index (χ1) is 10.2. The van der Waals surface area contributed by atoms with Crippen LogP contribution in [0.3, 0.4) is 0 Å². The van der Waals surface area contributed by atoms with Crippen molar-refractivity contribution in [3.8, 4) is 0 Å². The van der Waals surface area contributed by atoms with E-state index in [9.17, 15) is 4.79 Å². The lowest BCUT2D eigenvalue weighted by molar-refractivity contribution is 0.101. The average Bonchev–Trinajstić information content (AvgIpc) is 2.86. The van der Waals surface area contributed by atoms with Gasteiger partial charge in [0.15, 0.2) is 0 Å². The smallest absolute Gasteiger partial charge is 0.273 e. The second kappa shape index (κ2) is 5.40. The van der Waals surface area contributed by atoms with Crippen molar-refractivity contribution in [3.05, 3.63) is 59.9 Å². The minimum absolute atomic E-state index is 0.133. The van der Waals surface area contributed by atoms with Gasteiger partial charge in [0.2, 0.25) is 0 Å². The number of nitrogens with zero attached hydrogens (tertiary/aromatic N) is 2. The van der Waals surface area contributed by atoms with Crippen LogP contribution in [0, 0.1) is 6.92 Å². The van der Waals surface area contributed by atoms with E-state index in [2.05, 4.69) is 10.3 Å². The molecule has 0 spiro atoms. The monoisotopic (exact) mass is 279 g/mol. The lowest BCUT2D eigenvalue weighted by Crippen LogP contribution is -2.17. The first-order valence-corrected chi connectivity index (χ1v) is 7.02. The van der Waals surface area contributed by atoms with E-state index in [1.807, 2.05) is 60.9 Å². The minimum atomic E-state index is -0.133. The molecule has 0 fully saturated rings. The molecule has 4 nitrogen and oxygen atoms in total. The number of aromatic nitrogens is 2. The third-order valence-corrected chi connectivity index (χ3v) is 3.49. The molecule has 0 saturated heterocycles. The fourth-order valence-electron chi connectivity index (χ4n) is 2.53. The molecule has 0 atom stereocenters. The number of aryl methyl sites for hydroxylation is 2. The summed E-state index contributed by atoms with van der Waals surface area (Å²) in [5, 5.41) is 3.93. The molecule has 0 saturated carbocycles. The van der Waals surface area contributed by atoms with Crippen molar-refractivity contribution in [1.29, 1.82) is 0 Å². The standard InChI is InChI=1S/C17H17N3O/c1-3-20-14-9-5-4-8-13(14)11-15(20)17(21)19-16-10-6-7-12(2)18-16/h4-11H,3H2,1-2H3,(H,18,19,21). The van der Waals surface area contributed by atoms with Crippen LogP contribution in [0.15, 0.2) is 48.5 Å². The van der Waals surface area contributed by atoms with Crippen molar-refractivity contribution in [1.82, 2.24) is 9.55 Å². The highest BCUT2D eigenvalue weighted by atomic mass is 16.2. The molecule has 1 aromatic carbocycles. The van der Waals surface area contributed by atoms with Gasteiger partial charge in [-0.05, 0) is 38.1 Å². The number of hydrogen-bond acceptors (Lipinski definition) is 2. The summed E-state index contributed by atoms with van der Waals surface area (Å²) in [5.41, 5.74) is 2.60. The molecule has 3 rings (SSSR count). The predicted octanol–water partition coefficient (Wildman–Crippen LogP) is 3.62. The summed E-state index contributed by atoms with van der Waals surface area (Å²) >= 11 is 0. The van der Waals surface area contributed by atoms with Crippen LogP contribution in [0.5, 0.6) is 0 Å². The highest BCUT2D eigenvalue weighted by Crippen LogP contribution is 2.20. The van der Waals surface area contributed by atoms with Gasteiger partial charge in [-0.2, -0.15) is 0 Å². The Hall–Kier alpha value is -2.62. The van der Waals surface area contributed by atoms with Gasteiger partial charge < -0.3 is 9.88 Å². The molecular weight excluding hydrogens is 262 g/mol. The van der Waals surface area contributed by atoms with Crippen molar-refractivity contribution in [2.24, 2.45) is 0 Å². The molecule has 106 valence electrons. The molecule has 3 aromatic rings. The van der Waals surface area contributed by atoms with E-state index in [1.54, 1.807) is 6.07 Å². The molecule has 0 aliphatic rings. The van der Waals surface area contributed by atoms with E-state index in [0.717, 1.165) is 23.1 Å². The molecule has 2 aromatic heterocycles. The van der Waals surface area contributed by atoms with Gasteiger partial charge in [0.1, 0.15) is 11.5 Å². The van der Waals surface area contributed by atoms with Crippen molar-refractivity contribution in [2.45, 2.75) is 20.4 Å². The summed E-state index contributed by atoms with van der Waals surface area (Å²) in [6.07, 6.45) is 0. The number of benzene rings is 1. The van der Waals surface area contributed by atoms with E-state index in [0.29, 0.717) is 11.5 Å². The highest BCUT2D eigenvalue weighted by molar-refractivity contribution is 6.06. The summed E-state index contributed by atoms with van der Waals surface area (Å²) < 4.78 is 2.01. The summed E-state index contributed by atoms with van der Waals surface area (Å²) in [5.74, 6) is 0.444. The normalized spacial score (nSPS) is 10.8. The van der Waals surface area contributed by atoms with Crippen molar-refractivity contribution in [3.63, 3.8) is 0 Å².